The Bertz CT molecular complexity index is 455. The molecule has 1 saturated carbocycles. The highest BCUT2D eigenvalue weighted by molar-refractivity contribution is 5.30. The van der Waals surface area contributed by atoms with E-state index in [9.17, 15) is 0 Å². The topological polar surface area (TPSA) is 15.3 Å². The maximum atomic E-state index is 3.82. The molecule has 1 heterocycles. The molecule has 2 atom stereocenters. The molecule has 1 aromatic carbocycles. The van der Waals surface area contributed by atoms with Gasteiger partial charge in [-0.2, -0.15) is 0 Å². The van der Waals surface area contributed by atoms with Crippen LogP contribution in [0.15, 0.2) is 24.3 Å². The number of hydrogen-bond acceptors (Lipinski definition) is 2. The van der Waals surface area contributed by atoms with Crippen molar-refractivity contribution in [1.82, 2.24) is 10.2 Å². The largest absolute Gasteiger partial charge is 0.312 e. The van der Waals surface area contributed by atoms with Crippen LogP contribution in [0, 0.1) is 5.41 Å². The monoisotopic (exact) mass is 286 g/mol. The summed E-state index contributed by atoms with van der Waals surface area (Å²) in [5.74, 6) is 0. The Balaban J connectivity index is 1.74. The molecular formula is C19H30N2. The summed E-state index contributed by atoms with van der Waals surface area (Å²) >= 11 is 0. The van der Waals surface area contributed by atoms with Gasteiger partial charge in [-0.25, -0.2) is 0 Å². The molecule has 0 radical (unpaired) electrons. The van der Waals surface area contributed by atoms with Crippen LogP contribution in [0.5, 0.6) is 0 Å². The van der Waals surface area contributed by atoms with E-state index in [0.717, 1.165) is 19.6 Å². The van der Waals surface area contributed by atoms with E-state index in [2.05, 4.69) is 55.3 Å². The number of benzene rings is 1. The van der Waals surface area contributed by atoms with Crippen molar-refractivity contribution in [3.8, 4) is 0 Å². The molecule has 116 valence electrons. The van der Waals surface area contributed by atoms with E-state index in [0.29, 0.717) is 17.5 Å². The van der Waals surface area contributed by atoms with Gasteiger partial charge in [0.15, 0.2) is 0 Å². The van der Waals surface area contributed by atoms with Crippen molar-refractivity contribution >= 4 is 0 Å². The van der Waals surface area contributed by atoms with E-state index in [-0.39, 0.29) is 0 Å². The Morgan fingerprint density at radius 3 is 2.48 bits per heavy atom. The molecule has 1 aliphatic carbocycles. The predicted octanol–water partition coefficient (Wildman–Crippen LogP) is 3.95. The smallest absolute Gasteiger partial charge is 0.0261 e. The zero-order valence-electron chi connectivity index (χ0n) is 13.9. The second-order valence-electron chi connectivity index (χ2n) is 7.71. The fraction of sp³-hybridized carbons (Fsp3) is 0.684. The summed E-state index contributed by atoms with van der Waals surface area (Å²) in [4.78, 5) is 2.72. The molecule has 0 bridgehead atoms. The molecule has 2 unspecified atom stereocenters. The first kappa shape index (κ1) is 15.1. The molecule has 0 spiro atoms. The van der Waals surface area contributed by atoms with Crippen molar-refractivity contribution in [1.29, 1.82) is 0 Å². The van der Waals surface area contributed by atoms with Crippen molar-refractivity contribution in [2.45, 2.75) is 71.6 Å². The highest BCUT2D eigenvalue weighted by Gasteiger charge is 2.39. The molecule has 1 N–H and O–H groups in total. The molecule has 2 aliphatic rings. The summed E-state index contributed by atoms with van der Waals surface area (Å²) in [7, 11) is 0. The third-order valence-electron chi connectivity index (χ3n) is 5.35. The van der Waals surface area contributed by atoms with Crippen molar-refractivity contribution in [2.24, 2.45) is 5.41 Å². The van der Waals surface area contributed by atoms with Crippen LogP contribution in [-0.4, -0.2) is 23.5 Å². The van der Waals surface area contributed by atoms with E-state index < -0.39 is 0 Å². The lowest BCUT2D eigenvalue weighted by Crippen LogP contribution is -2.53. The van der Waals surface area contributed by atoms with E-state index in [1.807, 2.05) is 0 Å². The Morgan fingerprint density at radius 2 is 1.86 bits per heavy atom. The molecule has 3 rings (SSSR count). The molecule has 0 aromatic heterocycles. The van der Waals surface area contributed by atoms with Crippen LogP contribution in [0.1, 0.15) is 57.6 Å². The lowest BCUT2D eigenvalue weighted by atomic mass is 9.72. The minimum atomic E-state index is 0.490. The Hall–Kier alpha value is -0.860. The average molecular weight is 286 g/mol. The second-order valence-corrected chi connectivity index (χ2v) is 7.71. The van der Waals surface area contributed by atoms with E-state index in [1.54, 1.807) is 0 Å². The van der Waals surface area contributed by atoms with Gasteiger partial charge >= 0.3 is 0 Å². The third kappa shape index (κ3) is 3.32. The standard InChI is InChI=1S/C19H30N2/c1-4-11-20-17-9-10-19(2,3)12-18(17)21-13-15-7-5-6-8-16(15)14-21/h5-8,17-18,20H,4,9-14H2,1-3H3. The van der Waals surface area contributed by atoms with Gasteiger partial charge in [0.2, 0.25) is 0 Å². The van der Waals surface area contributed by atoms with Crippen molar-refractivity contribution in [3.05, 3.63) is 35.4 Å². The van der Waals surface area contributed by atoms with Crippen LogP contribution in [0.2, 0.25) is 0 Å². The number of hydrogen-bond donors (Lipinski definition) is 1. The number of fused-ring (bicyclic) bond motifs is 1. The van der Waals surface area contributed by atoms with Gasteiger partial charge in [0.25, 0.3) is 0 Å². The quantitative estimate of drug-likeness (QED) is 0.901. The van der Waals surface area contributed by atoms with Crippen LogP contribution in [0.25, 0.3) is 0 Å². The fourth-order valence-corrected chi connectivity index (χ4v) is 4.09. The van der Waals surface area contributed by atoms with Crippen LogP contribution >= 0.6 is 0 Å². The van der Waals surface area contributed by atoms with Crippen LogP contribution < -0.4 is 5.32 Å². The lowest BCUT2D eigenvalue weighted by Gasteiger charge is -2.45. The first-order valence-corrected chi connectivity index (χ1v) is 8.63. The summed E-state index contributed by atoms with van der Waals surface area (Å²) in [5, 5.41) is 3.82. The molecule has 1 aromatic rings. The zero-order chi connectivity index (χ0) is 14.9. The first-order valence-electron chi connectivity index (χ1n) is 8.63. The summed E-state index contributed by atoms with van der Waals surface area (Å²) in [5.41, 5.74) is 3.56. The van der Waals surface area contributed by atoms with Crippen molar-refractivity contribution in [3.63, 3.8) is 0 Å². The Kier molecular flexibility index (Phi) is 4.37. The van der Waals surface area contributed by atoms with Gasteiger partial charge in [0, 0.05) is 25.2 Å². The summed E-state index contributed by atoms with van der Waals surface area (Å²) in [6, 6.07) is 10.3. The van der Waals surface area contributed by atoms with Gasteiger partial charge in [-0.1, -0.05) is 45.0 Å². The fourth-order valence-electron chi connectivity index (χ4n) is 4.09. The number of nitrogens with one attached hydrogen (secondary N) is 1. The minimum Gasteiger partial charge on any atom is -0.312 e. The molecule has 0 saturated heterocycles. The molecule has 1 aliphatic heterocycles. The summed E-state index contributed by atoms with van der Waals surface area (Å²) in [6.07, 6.45) is 5.23. The lowest BCUT2D eigenvalue weighted by molar-refractivity contribution is 0.0627. The van der Waals surface area contributed by atoms with Gasteiger partial charge < -0.3 is 5.32 Å². The Labute approximate surface area is 129 Å². The highest BCUT2D eigenvalue weighted by atomic mass is 15.2. The maximum absolute atomic E-state index is 3.82. The number of nitrogens with zero attached hydrogens (tertiary/aromatic N) is 1. The minimum absolute atomic E-state index is 0.490. The van der Waals surface area contributed by atoms with Crippen molar-refractivity contribution < 1.29 is 0 Å². The average Bonchev–Trinajstić information content (AvgIpc) is 2.89. The first-order chi connectivity index (χ1) is 10.1. The highest BCUT2D eigenvalue weighted by Crippen LogP contribution is 2.39. The van der Waals surface area contributed by atoms with Crippen LogP contribution in [0.3, 0.4) is 0 Å². The van der Waals surface area contributed by atoms with E-state index in [1.165, 1.54) is 36.8 Å². The zero-order valence-corrected chi connectivity index (χ0v) is 13.9. The molecule has 0 amide bonds. The van der Waals surface area contributed by atoms with Gasteiger partial charge in [-0.05, 0) is 48.8 Å². The van der Waals surface area contributed by atoms with Gasteiger partial charge in [-0.15, -0.1) is 0 Å². The van der Waals surface area contributed by atoms with Crippen LogP contribution in [0.4, 0.5) is 0 Å². The SMILES string of the molecule is CCCNC1CCC(C)(C)CC1N1Cc2ccccc2C1. The van der Waals surface area contributed by atoms with E-state index in [4.69, 9.17) is 0 Å². The van der Waals surface area contributed by atoms with Gasteiger partial charge in [0.1, 0.15) is 0 Å². The summed E-state index contributed by atoms with van der Waals surface area (Å²) < 4.78 is 0. The maximum Gasteiger partial charge on any atom is 0.0261 e. The third-order valence-corrected chi connectivity index (χ3v) is 5.35. The second kappa shape index (κ2) is 6.10. The molecular weight excluding hydrogens is 256 g/mol. The molecule has 2 heteroatoms. The van der Waals surface area contributed by atoms with E-state index >= 15 is 0 Å². The van der Waals surface area contributed by atoms with Crippen LogP contribution in [-0.2, 0) is 13.1 Å². The Morgan fingerprint density at radius 1 is 1.19 bits per heavy atom. The van der Waals surface area contributed by atoms with Gasteiger partial charge in [-0.3, -0.25) is 4.90 Å². The van der Waals surface area contributed by atoms with Crippen molar-refractivity contribution in [2.75, 3.05) is 6.54 Å². The molecule has 21 heavy (non-hydrogen) atoms. The normalized spacial score (nSPS) is 28.5. The number of rotatable bonds is 4. The summed E-state index contributed by atoms with van der Waals surface area (Å²) in [6.45, 7) is 10.6. The molecule has 1 fully saturated rings. The van der Waals surface area contributed by atoms with Gasteiger partial charge in [0.05, 0.1) is 0 Å². The predicted molar refractivity (Wildman–Crippen MR) is 89.2 cm³/mol. The molecule has 2 nitrogen and oxygen atoms in total.